The van der Waals surface area contributed by atoms with Gasteiger partial charge in [0.2, 0.25) is 11.7 Å². The predicted octanol–water partition coefficient (Wildman–Crippen LogP) is 2.76. The van der Waals surface area contributed by atoms with Crippen molar-refractivity contribution in [2.24, 2.45) is 5.92 Å². The van der Waals surface area contributed by atoms with Crippen molar-refractivity contribution in [3.63, 3.8) is 0 Å². The fourth-order valence-corrected chi connectivity index (χ4v) is 4.50. The average molecular weight is 508 g/mol. The highest BCUT2D eigenvalue weighted by molar-refractivity contribution is 6.00. The average Bonchev–Trinajstić information content (AvgIpc) is 3.38. The molecule has 0 saturated carbocycles. The summed E-state index contributed by atoms with van der Waals surface area (Å²) in [5.74, 6) is -2.59. The lowest BCUT2D eigenvalue weighted by molar-refractivity contribution is -0.151. The van der Waals surface area contributed by atoms with Crippen LogP contribution in [-0.2, 0) is 20.7 Å². The van der Waals surface area contributed by atoms with Crippen LogP contribution in [0.25, 0.3) is 11.1 Å². The third-order valence-corrected chi connectivity index (χ3v) is 6.66. The summed E-state index contributed by atoms with van der Waals surface area (Å²) in [6.07, 6.45) is 0.345. The van der Waals surface area contributed by atoms with Crippen molar-refractivity contribution < 1.29 is 28.6 Å². The number of aliphatic hydroxyl groups is 1. The van der Waals surface area contributed by atoms with Crippen LogP contribution in [0.1, 0.15) is 42.4 Å². The zero-order valence-electron chi connectivity index (χ0n) is 21.0. The molecule has 1 aliphatic heterocycles. The van der Waals surface area contributed by atoms with Crippen LogP contribution < -0.4 is 5.32 Å². The molecule has 2 amide bonds. The molecule has 1 aromatic heterocycles. The molecule has 9 nitrogen and oxygen atoms in total. The number of fused-ring (bicyclic) bond motifs is 1. The van der Waals surface area contributed by atoms with E-state index in [1.165, 1.54) is 4.90 Å². The molecule has 196 valence electrons. The molecule has 1 aliphatic rings. The number of ether oxygens (including phenoxy) is 1. The fraction of sp³-hybridized carbons (Fsp3) is 0.429. The number of carbonyl (C=O) groups excluding carboxylic acids is 3. The Morgan fingerprint density at radius 2 is 1.76 bits per heavy atom. The third kappa shape index (κ3) is 6.61. The quantitative estimate of drug-likeness (QED) is 0.383. The summed E-state index contributed by atoms with van der Waals surface area (Å²) in [6, 6.07) is 16.0. The highest BCUT2D eigenvalue weighted by atomic mass is 16.5. The van der Waals surface area contributed by atoms with E-state index in [0.29, 0.717) is 56.7 Å². The van der Waals surface area contributed by atoms with Crippen molar-refractivity contribution >= 4 is 28.7 Å². The van der Waals surface area contributed by atoms with Crippen LogP contribution in [0.2, 0.25) is 0 Å². The molecule has 3 aromatic rings. The van der Waals surface area contributed by atoms with Gasteiger partial charge in [0.25, 0.3) is 11.8 Å². The molecule has 2 heterocycles. The van der Waals surface area contributed by atoms with Crippen LogP contribution >= 0.6 is 0 Å². The Balaban J connectivity index is 1.47. The van der Waals surface area contributed by atoms with Gasteiger partial charge in [0.15, 0.2) is 5.58 Å². The van der Waals surface area contributed by atoms with E-state index in [2.05, 4.69) is 10.3 Å². The monoisotopic (exact) mass is 507 g/mol. The van der Waals surface area contributed by atoms with Crippen molar-refractivity contribution in [2.75, 3.05) is 26.3 Å². The van der Waals surface area contributed by atoms with Gasteiger partial charge in [0.1, 0.15) is 11.6 Å². The van der Waals surface area contributed by atoms with E-state index in [1.54, 1.807) is 31.2 Å². The van der Waals surface area contributed by atoms with E-state index in [0.717, 1.165) is 5.56 Å². The predicted molar refractivity (Wildman–Crippen MR) is 137 cm³/mol. The Hall–Kier alpha value is -3.56. The van der Waals surface area contributed by atoms with Crippen LogP contribution in [0.15, 0.2) is 59.0 Å². The number of aromatic nitrogens is 1. The van der Waals surface area contributed by atoms with Crippen LogP contribution in [-0.4, -0.2) is 71.0 Å². The molecular weight excluding hydrogens is 474 g/mol. The van der Waals surface area contributed by atoms with E-state index in [4.69, 9.17) is 9.15 Å². The largest absolute Gasteiger partial charge is 0.434 e. The van der Waals surface area contributed by atoms with Gasteiger partial charge < -0.3 is 24.5 Å². The van der Waals surface area contributed by atoms with Crippen LogP contribution in [0.5, 0.6) is 0 Å². The molecule has 2 N–H and O–H groups in total. The molecule has 1 saturated heterocycles. The maximum absolute atomic E-state index is 13.4. The van der Waals surface area contributed by atoms with E-state index in [-0.39, 0.29) is 12.3 Å². The van der Waals surface area contributed by atoms with Crippen LogP contribution in [0.4, 0.5) is 0 Å². The summed E-state index contributed by atoms with van der Waals surface area (Å²) < 4.78 is 10.9. The number of nitrogens with one attached hydrogen (secondary N) is 1. The summed E-state index contributed by atoms with van der Waals surface area (Å²) in [7, 11) is 0. The Bertz CT molecular complexity index is 1170. The molecule has 0 radical (unpaired) electrons. The number of benzene rings is 2. The molecular formula is C28H33N3O6. The molecule has 37 heavy (non-hydrogen) atoms. The number of carbonyl (C=O) groups is 3. The molecule has 0 spiro atoms. The van der Waals surface area contributed by atoms with Gasteiger partial charge in [-0.05, 0) is 43.4 Å². The van der Waals surface area contributed by atoms with Gasteiger partial charge in [-0.3, -0.25) is 14.4 Å². The molecule has 4 rings (SSSR count). The van der Waals surface area contributed by atoms with Crippen LogP contribution in [0, 0.1) is 5.92 Å². The summed E-state index contributed by atoms with van der Waals surface area (Å²) in [5.41, 5.74) is 2.14. The molecule has 0 aliphatic carbocycles. The van der Waals surface area contributed by atoms with Gasteiger partial charge in [0.05, 0.1) is 25.2 Å². The molecule has 0 bridgehead atoms. The van der Waals surface area contributed by atoms with Gasteiger partial charge in [0, 0.05) is 13.1 Å². The Morgan fingerprint density at radius 1 is 1.05 bits per heavy atom. The first-order valence-electron chi connectivity index (χ1n) is 12.8. The third-order valence-electron chi connectivity index (χ3n) is 6.66. The number of para-hydroxylation sites is 2. The van der Waals surface area contributed by atoms with Gasteiger partial charge >= 0.3 is 0 Å². The van der Waals surface area contributed by atoms with Crippen molar-refractivity contribution in [3.05, 3.63) is 66.1 Å². The van der Waals surface area contributed by atoms with Gasteiger partial charge in [-0.1, -0.05) is 49.4 Å². The molecule has 1 fully saturated rings. The second kappa shape index (κ2) is 12.6. The van der Waals surface area contributed by atoms with Crippen molar-refractivity contribution in [1.29, 1.82) is 0 Å². The number of morpholine rings is 1. The zero-order chi connectivity index (χ0) is 26.2. The van der Waals surface area contributed by atoms with E-state index in [9.17, 15) is 19.5 Å². The van der Waals surface area contributed by atoms with E-state index < -0.39 is 35.7 Å². The number of aliphatic hydroxyl groups excluding tert-OH is 1. The van der Waals surface area contributed by atoms with E-state index in [1.807, 2.05) is 30.3 Å². The lowest BCUT2D eigenvalue weighted by atomic mass is 9.92. The zero-order valence-corrected chi connectivity index (χ0v) is 21.0. The second-order valence-corrected chi connectivity index (χ2v) is 9.19. The Kier molecular flexibility index (Phi) is 9.03. The summed E-state index contributed by atoms with van der Waals surface area (Å²) in [5, 5.41) is 13.8. The minimum Gasteiger partial charge on any atom is -0.434 e. The van der Waals surface area contributed by atoms with Crippen molar-refractivity contribution in [3.8, 4) is 0 Å². The van der Waals surface area contributed by atoms with Crippen LogP contribution in [0.3, 0.4) is 0 Å². The first kappa shape index (κ1) is 26.5. The number of Topliss-reactive ketones (excluding diaryl/α,β-unsaturated/α-hetero) is 1. The molecule has 3 atom stereocenters. The van der Waals surface area contributed by atoms with Gasteiger partial charge in [-0.25, -0.2) is 4.98 Å². The number of aryl methyl sites for hydroxylation is 1. The summed E-state index contributed by atoms with van der Waals surface area (Å²) in [4.78, 5) is 45.4. The first-order chi connectivity index (χ1) is 18.0. The second-order valence-electron chi connectivity index (χ2n) is 9.19. The lowest BCUT2D eigenvalue weighted by Crippen LogP contribution is -2.52. The number of ketones is 1. The number of rotatable bonds is 11. The normalized spacial score (nSPS) is 16.2. The smallest absolute Gasteiger partial charge is 0.266 e. The summed E-state index contributed by atoms with van der Waals surface area (Å²) in [6.45, 7) is 3.27. The number of oxazole rings is 1. The highest BCUT2D eigenvalue weighted by Gasteiger charge is 2.37. The molecule has 2 aromatic carbocycles. The minimum absolute atomic E-state index is 0.0843. The summed E-state index contributed by atoms with van der Waals surface area (Å²) >= 11 is 0. The Morgan fingerprint density at radius 3 is 2.46 bits per heavy atom. The fourth-order valence-electron chi connectivity index (χ4n) is 4.50. The minimum atomic E-state index is -1.52. The molecule has 3 unspecified atom stereocenters. The Labute approximate surface area is 215 Å². The number of hydrogen-bond donors (Lipinski definition) is 2. The van der Waals surface area contributed by atoms with Crippen molar-refractivity contribution in [1.82, 2.24) is 15.2 Å². The SMILES string of the molecule is CCC(NC(=O)C(CCCc1ccccc1)C(O)C(=O)N1CCOCC1)C(=O)c1nc2ccccc2o1. The maximum Gasteiger partial charge on any atom is 0.266 e. The number of hydrogen-bond acceptors (Lipinski definition) is 7. The maximum atomic E-state index is 13.4. The lowest BCUT2D eigenvalue weighted by Gasteiger charge is -2.31. The number of nitrogens with zero attached hydrogens (tertiary/aromatic N) is 2. The van der Waals surface area contributed by atoms with E-state index >= 15 is 0 Å². The molecule has 9 heteroatoms. The standard InChI is InChI=1S/C28H33N3O6/c1-2-21(25(33)27-30-22-13-6-7-14-23(22)37-27)29-26(34)20(12-8-11-19-9-4-3-5-10-19)24(32)28(35)31-15-17-36-18-16-31/h3-7,9-10,13-14,20-21,24,32H,2,8,11-12,15-18H2,1H3,(H,29,34). The first-order valence-corrected chi connectivity index (χ1v) is 12.8. The van der Waals surface area contributed by atoms with Gasteiger partial charge in [-0.15, -0.1) is 0 Å². The van der Waals surface area contributed by atoms with Gasteiger partial charge in [-0.2, -0.15) is 0 Å². The number of amides is 2. The van der Waals surface area contributed by atoms with Crippen molar-refractivity contribution in [2.45, 2.75) is 44.8 Å². The highest BCUT2D eigenvalue weighted by Crippen LogP contribution is 2.20. The topological polar surface area (TPSA) is 122 Å².